The van der Waals surface area contributed by atoms with E-state index in [2.05, 4.69) is 10.4 Å². The van der Waals surface area contributed by atoms with Crippen LogP contribution in [0.2, 0.25) is 5.02 Å². The molecule has 0 saturated carbocycles. The predicted molar refractivity (Wildman–Crippen MR) is 97.3 cm³/mol. The molecule has 25 heavy (non-hydrogen) atoms. The zero-order valence-corrected chi connectivity index (χ0v) is 14.3. The van der Waals surface area contributed by atoms with Crippen LogP contribution in [-0.4, -0.2) is 22.8 Å². The topological polar surface area (TPSA) is 73.2 Å². The van der Waals surface area contributed by atoms with Gasteiger partial charge < -0.3 is 10.1 Å². The van der Waals surface area contributed by atoms with Gasteiger partial charge in [-0.15, -0.1) is 0 Å². The number of nitrogens with one attached hydrogen (secondary N) is 1. The van der Waals surface area contributed by atoms with Gasteiger partial charge in [-0.25, -0.2) is 0 Å². The molecule has 0 saturated heterocycles. The van der Waals surface area contributed by atoms with Crippen molar-refractivity contribution in [3.8, 4) is 5.75 Å². The summed E-state index contributed by atoms with van der Waals surface area (Å²) in [5.41, 5.74) is 1.07. The van der Waals surface area contributed by atoms with E-state index in [1.807, 2.05) is 12.1 Å². The molecule has 0 bridgehead atoms. The summed E-state index contributed by atoms with van der Waals surface area (Å²) < 4.78 is 6.85. The number of ether oxygens (including phenoxy) is 1. The number of amides is 1. The van der Waals surface area contributed by atoms with Crippen molar-refractivity contribution < 1.29 is 9.53 Å². The summed E-state index contributed by atoms with van der Waals surface area (Å²) in [5, 5.41) is 7.97. The lowest BCUT2D eigenvalue weighted by Gasteiger charge is -2.12. The van der Waals surface area contributed by atoms with Crippen molar-refractivity contribution >= 4 is 34.1 Å². The summed E-state index contributed by atoms with van der Waals surface area (Å²) in [5.74, 6) is 0.329. The van der Waals surface area contributed by atoms with E-state index in [1.165, 1.54) is 13.3 Å². The number of rotatable bonds is 5. The summed E-state index contributed by atoms with van der Waals surface area (Å²) in [6.07, 6.45) is 1.45. The van der Waals surface area contributed by atoms with Crippen LogP contribution in [0, 0.1) is 0 Å². The van der Waals surface area contributed by atoms with Gasteiger partial charge in [0.1, 0.15) is 5.75 Å². The average Bonchev–Trinajstić information content (AvgIpc) is 2.62. The number of anilines is 1. The van der Waals surface area contributed by atoms with Gasteiger partial charge in [0.15, 0.2) is 0 Å². The van der Waals surface area contributed by atoms with E-state index in [0.29, 0.717) is 33.9 Å². The second-order valence-corrected chi connectivity index (χ2v) is 5.83. The van der Waals surface area contributed by atoms with Crippen LogP contribution in [0.5, 0.6) is 5.75 Å². The fourth-order valence-corrected chi connectivity index (χ4v) is 2.71. The molecule has 0 atom stereocenters. The fourth-order valence-electron chi connectivity index (χ4n) is 2.54. The van der Waals surface area contributed by atoms with Crippen molar-refractivity contribution in [1.29, 1.82) is 0 Å². The molecule has 1 heterocycles. The number of para-hydroxylation sites is 1. The molecule has 2 aromatic carbocycles. The Labute approximate surface area is 149 Å². The van der Waals surface area contributed by atoms with Gasteiger partial charge in [0.05, 0.1) is 31.1 Å². The number of fused-ring (bicyclic) bond motifs is 1. The summed E-state index contributed by atoms with van der Waals surface area (Å²) in [7, 11) is 1.52. The number of hydrogen-bond donors (Lipinski definition) is 1. The smallest absolute Gasteiger partial charge is 0.226 e. The number of nitrogens with zero attached hydrogens (tertiary/aromatic N) is 2. The molecule has 3 rings (SSSR count). The third kappa shape index (κ3) is 3.80. The zero-order chi connectivity index (χ0) is 17.8. The normalized spacial score (nSPS) is 10.6. The van der Waals surface area contributed by atoms with Crippen molar-refractivity contribution in [2.24, 2.45) is 0 Å². The second-order valence-electron chi connectivity index (χ2n) is 5.39. The maximum Gasteiger partial charge on any atom is 0.226 e. The number of methoxy groups -OCH3 is 1. The van der Waals surface area contributed by atoms with Gasteiger partial charge in [-0.2, -0.15) is 5.10 Å². The molecule has 7 heteroatoms. The molecule has 0 aliphatic carbocycles. The van der Waals surface area contributed by atoms with Gasteiger partial charge >= 0.3 is 0 Å². The summed E-state index contributed by atoms with van der Waals surface area (Å²) in [6, 6.07) is 12.2. The second kappa shape index (κ2) is 7.36. The molecule has 0 aliphatic heterocycles. The molecular weight excluding hydrogens is 342 g/mol. The predicted octanol–water partition coefficient (Wildman–Crippen LogP) is 3.09. The van der Waals surface area contributed by atoms with E-state index in [9.17, 15) is 9.59 Å². The first kappa shape index (κ1) is 17.0. The van der Waals surface area contributed by atoms with Crippen LogP contribution < -0.4 is 15.5 Å². The van der Waals surface area contributed by atoms with Gasteiger partial charge in [0.25, 0.3) is 0 Å². The highest BCUT2D eigenvalue weighted by atomic mass is 35.5. The van der Waals surface area contributed by atoms with Crippen LogP contribution in [-0.2, 0) is 11.3 Å². The molecule has 1 aromatic heterocycles. The van der Waals surface area contributed by atoms with Crippen LogP contribution in [0.3, 0.4) is 0 Å². The Morgan fingerprint density at radius 3 is 2.88 bits per heavy atom. The number of benzene rings is 2. The summed E-state index contributed by atoms with van der Waals surface area (Å²) in [4.78, 5) is 24.1. The number of carbonyl (C=O) groups excluding carboxylic acids is 1. The van der Waals surface area contributed by atoms with E-state index in [0.717, 1.165) is 0 Å². The van der Waals surface area contributed by atoms with E-state index in [4.69, 9.17) is 16.3 Å². The molecule has 1 N–H and O–H groups in total. The lowest BCUT2D eigenvalue weighted by Crippen LogP contribution is -2.18. The number of carbonyl (C=O) groups is 1. The molecule has 1 amide bonds. The van der Waals surface area contributed by atoms with Gasteiger partial charge in [0.2, 0.25) is 11.3 Å². The Kier molecular flexibility index (Phi) is 5.00. The third-order valence-corrected chi connectivity index (χ3v) is 3.98. The van der Waals surface area contributed by atoms with Crippen LogP contribution in [0.4, 0.5) is 5.69 Å². The molecular formula is C18H16ClN3O3. The van der Waals surface area contributed by atoms with Gasteiger partial charge in [0, 0.05) is 16.8 Å². The van der Waals surface area contributed by atoms with E-state index in [1.54, 1.807) is 35.0 Å². The maximum absolute atomic E-state index is 12.3. The lowest BCUT2D eigenvalue weighted by molar-refractivity contribution is -0.116. The number of aromatic nitrogens is 2. The molecule has 0 aliphatic rings. The maximum atomic E-state index is 12.3. The monoisotopic (exact) mass is 357 g/mol. The van der Waals surface area contributed by atoms with E-state index >= 15 is 0 Å². The zero-order valence-electron chi connectivity index (χ0n) is 13.5. The van der Waals surface area contributed by atoms with E-state index in [-0.39, 0.29) is 17.8 Å². The number of halogens is 1. The lowest BCUT2D eigenvalue weighted by atomic mass is 10.2. The van der Waals surface area contributed by atoms with Gasteiger partial charge in [-0.05, 0) is 30.3 Å². The Hall–Kier alpha value is -2.86. The molecule has 3 aromatic rings. The van der Waals surface area contributed by atoms with Gasteiger partial charge in [-0.1, -0.05) is 23.7 Å². The largest absolute Gasteiger partial charge is 0.495 e. The summed E-state index contributed by atoms with van der Waals surface area (Å²) >= 11 is 5.96. The Morgan fingerprint density at radius 1 is 1.28 bits per heavy atom. The minimum absolute atomic E-state index is 0.139. The molecule has 128 valence electrons. The number of hydrogen-bond acceptors (Lipinski definition) is 4. The Bertz CT molecular complexity index is 985. The molecule has 0 spiro atoms. The first-order chi connectivity index (χ1) is 12.1. The molecule has 6 nitrogen and oxygen atoms in total. The van der Waals surface area contributed by atoms with Crippen molar-refractivity contribution in [2.45, 2.75) is 13.0 Å². The highest BCUT2D eigenvalue weighted by Gasteiger charge is 2.10. The summed E-state index contributed by atoms with van der Waals surface area (Å²) in [6.45, 7) is 0.343. The first-order valence-electron chi connectivity index (χ1n) is 7.67. The first-order valence-corrected chi connectivity index (χ1v) is 8.04. The Morgan fingerprint density at radius 2 is 2.08 bits per heavy atom. The van der Waals surface area contributed by atoms with E-state index < -0.39 is 0 Å². The van der Waals surface area contributed by atoms with Crippen LogP contribution in [0.25, 0.3) is 10.9 Å². The minimum Gasteiger partial charge on any atom is -0.495 e. The molecule has 0 radical (unpaired) electrons. The average molecular weight is 358 g/mol. The highest BCUT2D eigenvalue weighted by Crippen LogP contribution is 2.27. The van der Waals surface area contributed by atoms with Crippen molar-refractivity contribution in [3.63, 3.8) is 0 Å². The van der Waals surface area contributed by atoms with Crippen molar-refractivity contribution in [1.82, 2.24) is 9.78 Å². The van der Waals surface area contributed by atoms with Crippen molar-refractivity contribution in [3.05, 3.63) is 63.9 Å². The standard InChI is InChI=1S/C18H16ClN3O3/c1-25-17-7-6-12(19)10-14(17)21-18(24)8-9-22-15-5-3-2-4-13(15)16(23)11-20-22/h2-7,10-11H,8-9H2,1H3,(H,21,24). The Balaban J connectivity index is 1.74. The van der Waals surface area contributed by atoms with Crippen LogP contribution >= 0.6 is 11.6 Å². The third-order valence-electron chi connectivity index (χ3n) is 3.75. The SMILES string of the molecule is COc1ccc(Cl)cc1NC(=O)CCn1ncc(=O)c2ccccc21. The van der Waals surface area contributed by atoms with Gasteiger partial charge in [-0.3, -0.25) is 14.3 Å². The number of aryl methyl sites for hydroxylation is 1. The fraction of sp³-hybridized carbons (Fsp3) is 0.167. The molecule has 0 fully saturated rings. The van der Waals surface area contributed by atoms with Crippen LogP contribution in [0.1, 0.15) is 6.42 Å². The molecule has 0 unspecified atom stereocenters. The minimum atomic E-state index is -0.204. The van der Waals surface area contributed by atoms with Crippen LogP contribution in [0.15, 0.2) is 53.5 Å². The highest BCUT2D eigenvalue weighted by molar-refractivity contribution is 6.31. The quantitative estimate of drug-likeness (QED) is 0.761. The van der Waals surface area contributed by atoms with Crippen molar-refractivity contribution in [2.75, 3.05) is 12.4 Å².